The van der Waals surface area contributed by atoms with E-state index in [-0.39, 0.29) is 36.0 Å². The largest absolute Gasteiger partial charge is 0.396 e. The van der Waals surface area contributed by atoms with Crippen LogP contribution >= 0.6 is 35.3 Å². The van der Waals surface area contributed by atoms with Crippen LogP contribution in [0.4, 0.5) is 0 Å². The second-order valence-electron chi connectivity index (χ2n) is 8.44. The summed E-state index contributed by atoms with van der Waals surface area (Å²) in [5.41, 5.74) is 1.57. The van der Waals surface area contributed by atoms with Crippen LogP contribution in [0.2, 0.25) is 0 Å². The van der Waals surface area contributed by atoms with E-state index in [1.165, 1.54) is 73.4 Å². The maximum absolute atomic E-state index is 9.51. The third-order valence-electron chi connectivity index (χ3n) is 6.22. The molecule has 5 nitrogen and oxygen atoms in total. The number of thiazole rings is 1. The number of aryl methyl sites for hydroxylation is 3. The predicted octanol–water partition coefficient (Wildman–Crippen LogP) is 4.46. The van der Waals surface area contributed by atoms with Crippen LogP contribution in [-0.4, -0.2) is 42.3 Å². The van der Waals surface area contributed by atoms with Gasteiger partial charge in [0, 0.05) is 37.5 Å². The lowest BCUT2D eigenvalue weighted by Gasteiger charge is -2.35. The minimum Gasteiger partial charge on any atom is -0.396 e. The van der Waals surface area contributed by atoms with Crippen molar-refractivity contribution in [3.8, 4) is 0 Å². The van der Waals surface area contributed by atoms with Crippen molar-refractivity contribution in [1.29, 1.82) is 0 Å². The van der Waals surface area contributed by atoms with Crippen molar-refractivity contribution < 1.29 is 5.11 Å². The van der Waals surface area contributed by atoms with E-state index in [4.69, 9.17) is 9.98 Å². The normalized spacial score (nSPS) is 18.6. The van der Waals surface area contributed by atoms with Crippen molar-refractivity contribution in [2.75, 3.05) is 26.2 Å². The highest BCUT2D eigenvalue weighted by atomic mass is 127. The van der Waals surface area contributed by atoms with Gasteiger partial charge in [-0.3, -0.25) is 4.99 Å². The van der Waals surface area contributed by atoms with E-state index in [9.17, 15) is 5.11 Å². The van der Waals surface area contributed by atoms with Crippen LogP contribution in [0, 0.1) is 5.41 Å². The molecule has 0 aromatic carbocycles. The smallest absolute Gasteiger partial charge is 0.191 e. The molecule has 1 aromatic rings. The number of aliphatic hydroxyl groups excluding tert-OH is 1. The Bertz CT molecular complexity index is 599. The van der Waals surface area contributed by atoms with E-state index < -0.39 is 0 Å². The molecule has 0 atom stereocenters. The maximum atomic E-state index is 9.51. The molecule has 3 rings (SSSR count). The first kappa shape index (κ1) is 24.9. The van der Waals surface area contributed by atoms with Gasteiger partial charge in [-0.25, -0.2) is 4.98 Å². The molecule has 166 valence electrons. The Hall–Kier alpha value is -0.410. The molecule has 2 aliphatic rings. The molecule has 7 heteroatoms. The molecule has 0 aliphatic heterocycles. The topological polar surface area (TPSA) is 69.5 Å². The Balaban J connectivity index is 0.00000300. The van der Waals surface area contributed by atoms with Gasteiger partial charge in [0.05, 0.1) is 10.7 Å². The number of aromatic nitrogens is 1. The lowest BCUT2D eigenvalue weighted by atomic mass is 9.72. The monoisotopic (exact) mass is 534 g/mol. The predicted molar refractivity (Wildman–Crippen MR) is 134 cm³/mol. The Morgan fingerprint density at radius 3 is 2.66 bits per heavy atom. The van der Waals surface area contributed by atoms with Gasteiger partial charge in [-0.05, 0) is 63.7 Å². The van der Waals surface area contributed by atoms with Gasteiger partial charge in [0.1, 0.15) is 0 Å². The van der Waals surface area contributed by atoms with Crippen LogP contribution in [0.3, 0.4) is 0 Å². The fourth-order valence-corrected chi connectivity index (χ4v) is 5.77. The molecule has 3 N–H and O–H groups in total. The molecule has 0 bridgehead atoms. The molecule has 1 heterocycles. The zero-order chi connectivity index (χ0) is 19.7. The lowest BCUT2D eigenvalue weighted by molar-refractivity contribution is 0.137. The third kappa shape index (κ3) is 7.65. The Kier molecular flexibility index (Phi) is 11.2. The van der Waals surface area contributed by atoms with Gasteiger partial charge >= 0.3 is 0 Å². The van der Waals surface area contributed by atoms with Gasteiger partial charge in [-0.15, -0.1) is 35.3 Å². The van der Waals surface area contributed by atoms with Crippen molar-refractivity contribution in [2.24, 2.45) is 10.4 Å². The van der Waals surface area contributed by atoms with Crippen molar-refractivity contribution in [3.05, 3.63) is 15.6 Å². The fourth-order valence-electron chi connectivity index (χ4n) is 4.57. The first-order valence-corrected chi connectivity index (χ1v) is 12.2. The number of rotatable bonds is 9. The van der Waals surface area contributed by atoms with Gasteiger partial charge in [0.2, 0.25) is 0 Å². The van der Waals surface area contributed by atoms with Gasteiger partial charge in [0.25, 0.3) is 0 Å². The first-order valence-electron chi connectivity index (χ1n) is 11.4. The molecule has 0 saturated heterocycles. The van der Waals surface area contributed by atoms with Crippen LogP contribution in [0.1, 0.15) is 80.3 Å². The van der Waals surface area contributed by atoms with Gasteiger partial charge < -0.3 is 15.7 Å². The second kappa shape index (κ2) is 13.1. The molecule has 2 aliphatic carbocycles. The summed E-state index contributed by atoms with van der Waals surface area (Å²) in [7, 11) is 0. The SMILES string of the molecule is CCNC(=NCC1(CCO)CCCCC1)NCCCc1nc2c(s1)CCCC2.I. The third-order valence-corrected chi connectivity index (χ3v) is 7.44. The zero-order valence-corrected chi connectivity index (χ0v) is 21.1. The molecule has 0 unspecified atom stereocenters. The van der Waals surface area contributed by atoms with Crippen molar-refractivity contribution in [1.82, 2.24) is 15.6 Å². The standard InChI is InChI=1S/C22H38N4OS.HI/c1-2-23-21(25-17-22(14-16-27)12-6-3-7-13-22)24-15-8-11-20-26-18-9-4-5-10-19(18)28-20;/h27H,2-17H2,1H3,(H2,23,24,25);1H. The average Bonchev–Trinajstić information content (AvgIpc) is 3.13. The molecule has 1 saturated carbocycles. The number of nitrogens with zero attached hydrogens (tertiary/aromatic N) is 2. The second-order valence-corrected chi connectivity index (χ2v) is 9.61. The summed E-state index contributed by atoms with van der Waals surface area (Å²) >= 11 is 1.93. The molecular formula is C22H39IN4OS. The summed E-state index contributed by atoms with van der Waals surface area (Å²) in [6.07, 6.45) is 14.3. The van der Waals surface area contributed by atoms with Crippen molar-refractivity contribution >= 4 is 41.3 Å². The number of aliphatic imine (C=N–C) groups is 1. The first-order chi connectivity index (χ1) is 13.7. The van der Waals surface area contributed by atoms with Gasteiger partial charge in [-0.2, -0.15) is 0 Å². The molecule has 0 spiro atoms. The maximum Gasteiger partial charge on any atom is 0.191 e. The average molecular weight is 535 g/mol. The van der Waals surface area contributed by atoms with Crippen LogP contribution in [0.15, 0.2) is 4.99 Å². The van der Waals surface area contributed by atoms with Gasteiger partial charge in [0.15, 0.2) is 5.96 Å². The van der Waals surface area contributed by atoms with E-state index in [0.29, 0.717) is 0 Å². The highest BCUT2D eigenvalue weighted by molar-refractivity contribution is 14.0. The van der Waals surface area contributed by atoms with Crippen LogP contribution in [0.25, 0.3) is 0 Å². The molecule has 29 heavy (non-hydrogen) atoms. The highest BCUT2D eigenvalue weighted by Gasteiger charge is 2.31. The number of hydrogen-bond donors (Lipinski definition) is 3. The Morgan fingerprint density at radius 2 is 1.93 bits per heavy atom. The number of hydrogen-bond acceptors (Lipinski definition) is 4. The summed E-state index contributed by atoms with van der Waals surface area (Å²) in [6, 6.07) is 0. The van der Waals surface area contributed by atoms with E-state index in [0.717, 1.165) is 44.9 Å². The number of guanidine groups is 1. The number of nitrogens with one attached hydrogen (secondary N) is 2. The van der Waals surface area contributed by atoms with Crippen LogP contribution in [0.5, 0.6) is 0 Å². The van der Waals surface area contributed by atoms with E-state index >= 15 is 0 Å². The van der Waals surface area contributed by atoms with E-state index in [1.54, 1.807) is 0 Å². The summed E-state index contributed by atoms with van der Waals surface area (Å²) in [5, 5.41) is 17.7. The van der Waals surface area contributed by atoms with Crippen molar-refractivity contribution in [2.45, 2.75) is 84.0 Å². The summed E-state index contributed by atoms with van der Waals surface area (Å²) < 4.78 is 0. The quantitative estimate of drug-likeness (QED) is 0.189. The fraction of sp³-hybridized carbons (Fsp3) is 0.818. The van der Waals surface area contributed by atoms with E-state index in [1.807, 2.05) is 11.3 Å². The molecule has 0 amide bonds. The Labute approximate surface area is 197 Å². The molecular weight excluding hydrogens is 495 g/mol. The lowest BCUT2D eigenvalue weighted by Crippen LogP contribution is -2.39. The number of halogens is 1. The van der Waals surface area contributed by atoms with Crippen LogP contribution in [-0.2, 0) is 19.3 Å². The minimum atomic E-state index is 0. The van der Waals surface area contributed by atoms with Gasteiger partial charge in [-0.1, -0.05) is 19.3 Å². The van der Waals surface area contributed by atoms with Crippen LogP contribution < -0.4 is 10.6 Å². The minimum absolute atomic E-state index is 0. The van der Waals surface area contributed by atoms with E-state index in [2.05, 4.69) is 17.6 Å². The number of fused-ring (bicyclic) bond motifs is 1. The summed E-state index contributed by atoms with van der Waals surface area (Å²) in [6.45, 7) is 5.00. The number of aliphatic hydroxyl groups is 1. The Morgan fingerprint density at radius 1 is 1.14 bits per heavy atom. The molecule has 1 fully saturated rings. The molecule has 1 aromatic heterocycles. The highest BCUT2D eigenvalue weighted by Crippen LogP contribution is 2.39. The molecule has 0 radical (unpaired) electrons. The zero-order valence-electron chi connectivity index (χ0n) is 18.0. The summed E-state index contributed by atoms with van der Waals surface area (Å²) in [5.74, 6) is 0.920. The van der Waals surface area contributed by atoms with Crippen molar-refractivity contribution in [3.63, 3.8) is 0 Å². The summed E-state index contributed by atoms with van der Waals surface area (Å²) in [4.78, 5) is 11.3.